The fourth-order valence-corrected chi connectivity index (χ4v) is 2.84. The number of thioether (sulfide) groups is 1. The van der Waals surface area contributed by atoms with E-state index in [4.69, 9.17) is 0 Å². The first kappa shape index (κ1) is 13.7. The maximum absolute atomic E-state index is 13.1. The number of fused-ring (bicyclic) bond motifs is 1. The Hall–Kier alpha value is -2.28. The van der Waals surface area contributed by atoms with E-state index in [0.29, 0.717) is 10.8 Å². The highest BCUT2D eigenvalue weighted by atomic mass is 32.2. The lowest BCUT2D eigenvalue weighted by Crippen LogP contribution is -2.24. The smallest absolute Gasteiger partial charge is 0.356 e. The maximum Gasteiger partial charge on any atom is 0.356 e. The van der Waals surface area contributed by atoms with Crippen LogP contribution in [-0.4, -0.2) is 24.8 Å². The third-order valence-electron chi connectivity index (χ3n) is 3.00. The van der Waals surface area contributed by atoms with Gasteiger partial charge in [0, 0.05) is 12.3 Å². The predicted molar refractivity (Wildman–Crippen MR) is 78.8 cm³/mol. The van der Waals surface area contributed by atoms with Gasteiger partial charge in [-0.2, -0.15) is 4.98 Å². The third-order valence-corrected chi connectivity index (χ3v) is 3.83. The number of phenols is 1. The number of hydrogen-bond acceptors (Lipinski definition) is 4. The summed E-state index contributed by atoms with van der Waals surface area (Å²) in [5.41, 5.74) is 0.248. The fraction of sp³-hybridized carbons (Fsp3) is 0.143. The van der Waals surface area contributed by atoms with Crippen LogP contribution in [0.2, 0.25) is 0 Å². The van der Waals surface area contributed by atoms with Crippen molar-refractivity contribution in [3.63, 3.8) is 0 Å². The molecule has 0 saturated heterocycles. The summed E-state index contributed by atoms with van der Waals surface area (Å²) in [7, 11) is 0. The first-order chi connectivity index (χ1) is 10.1. The van der Waals surface area contributed by atoms with E-state index >= 15 is 0 Å². The molecule has 1 aromatic carbocycles. The highest BCUT2D eigenvalue weighted by molar-refractivity contribution is 7.99. The van der Waals surface area contributed by atoms with Crippen molar-refractivity contribution in [3.05, 3.63) is 52.8 Å². The van der Waals surface area contributed by atoms with Crippen LogP contribution in [0.15, 0.2) is 46.5 Å². The Bertz CT molecular complexity index is 872. The van der Waals surface area contributed by atoms with E-state index in [-0.39, 0.29) is 11.4 Å². The molecule has 0 unspecified atom stereocenters. The molecule has 0 bridgehead atoms. The summed E-state index contributed by atoms with van der Waals surface area (Å²) < 4.78 is 16.1. The SMILES string of the molecule is CCSc1nc(=O)n(-c2ccc(F)cc2O)c2cccn12. The largest absolute Gasteiger partial charge is 0.506 e. The van der Waals surface area contributed by atoms with Gasteiger partial charge in [0.2, 0.25) is 0 Å². The first-order valence-corrected chi connectivity index (χ1v) is 7.32. The summed E-state index contributed by atoms with van der Waals surface area (Å²) in [6.07, 6.45) is 1.79. The van der Waals surface area contributed by atoms with Gasteiger partial charge in [-0.15, -0.1) is 0 Å². The van der Waals surface area contributed by atoms with Gasteiger partial charge in [-0.3, -0.25) is 4.40 Å². The van der Waals surface area contributed by atoms with Crippen molar-refractivity contribution in [1.82, 2.24) is 14.0 Å². The second-order valence-corrected chi connectivity index (χ2v) is 5.55. The van der Waals surface area contributed by atoms with Gasteiger partial charge in [-0.1, -0.05) is 18.7 Å². The summed E-state index contributed by atoms with van der Waals surface area (Å²) in [4.78, 5) is 16.3. The van der Waals surface area contributed by atoms with Gasteiger partial charge < -0.3 is 5.11 Å². The average Bonchev–Trinajstić information content (AvgIpc) is 2.90. The number of benzene rings is 1. The molecular weight excluding hydrogens is 293 g/mol. The zero-order chi connectivity index (χ0) is 15.0. The molecule has 108 valence electrons. The van der Waals surface area contributed by atoms with Gasteiger partial charge in [0.1, 0.15) is 17.2 Å². The minimum absolute atomic E-state index is 0.200. The molecule has 1 N–H and O–H groups in total. The van der Waals surface area contributed by atoms with Gasteiger partial charge >= 0.3 is 5.69 Å². The Labute approximate surface area is 123 Å². The Morgan fingerprint density at radius 2 is 2.19 bits per heavy atom. The molecule has 0 amide bonds. The zero-order valence-corrected chi connectivity index (χ0v) is 12.0. The molecule has 21 heavy (non-hydrogen) atoms. The monoisotopic (exact) mass is 305 g/mol. The van der Waals surface area contributed by atoms with E-state index in [9.17, 15) is 14.3 Å². The van der Waals surface area contributed by atoms with E-state index in [1.54, 1.807) is 22.7 Å². The minimum atomic E-state index is -0.568. The number of hydrogen-bond donors (Lipinski definition) is 1. The highest BCUT2D eigenvalue weighted by Gasteiger charge is 2.14. The number of halogens is 1. The van der Waals surface area contributed by atoms with Crippen molar-refractivity contribution in [2.24, 2.45) is 0 Å². The molecule has 0 aliphatic heterocycles. The molecule has 0 radical (unpaired) electrons. The number of nitrogens with zero attached hydrogens (tertiary/aromatic N) is 3. The van der Waals surface area contributed by atoms with Crippen molar-refractivity contribution in [2.45, 2.75) is 12.1 Å². The molecule has 0 fully saturated rings. The number of aromatic hydroxyl groups is 1. The second-order valence-electron chi connectivity index (χ2n) is 4.31. The molecule has 2 aromatic heterocycles. The zero-order valence-electron chi connectivity index (χ0n) is 11.2. The van der Waals surface area contributed by atoms with Crippen molar-refractivity contribution in [3.8, 4) is 11.4 Å². The van der Waals surface area contributed by atoms with E-state index in [2.05, 4.69) is 4.98 Å². The first-order valence-electron chi connectivity index (χ1n) is 6.33. The van der Waals surface area contributed by atoms with Gasteiger partial charge in [0.15, 0.2) is 5.16 Å². The van der Waals surface area contributed by atoms with Crippen LogP contribution >= 0.6 is 11.8 Å². The molecule has 0 saturated carbocycles. The lowest BCUT2D eigenvalue weighted by Gasteiger charge is -2.12. The number of phenolic OH excluding ortho intramolecular Hbond substituents is 1. The molecule has 0 atom stereocenters. The molecule has 3 aromatic rings. The van der Waals surface area contributed by atoms with Crippen molar-refractivity contribution < 1.29 is 9.50 Å². The topological polar surface area (TPSA) is 59.5 Å². The number of aromatic nitrogens is 3. The molecule has 2 heterocycles. The molecule has 0 aliphatic carbocycles. The van der Waals surface area contributed by atoms with Crippen LogP contribution in [0.3, 0.4) is 0 Å². The van der Waals surface area contributed by atoms with Crippen LogP contribution in [0.4, 0.5) is 4.39 Å². The standard InChI is InChI=1S/C14H12FN3O2S/c1-2-21-14-16-13(20)18(12-4-3-7-17(12)14)10-6-5-9(15)8-11(10)19/h3-8,19H,2H2,1H3. The molecule has 7 heteroatoms. The van der Waals surface area contributed by atoms with Gasteiger partial charge in [0.25, 0.3) is 0 Å². The molecule has 0 aliphatic rings. The van der Waals surface area contributed by atoms with Crippen molar-refractivity contribution in [1.29, 1.82) is 0 Å². The van der Waals surface area contributed by atoms with Crippen LogP contribution < -0.4 is 5.69 Å². The van der Waals surface area contributed by atoms with Gasteiger partial charge in [0.05, 0.1) is 5.69 Å². The summed E-state index contributed by atoms with van der Waals surface area (Å²) in [5.74, 6) is -0.0920. The Morgan fingerprint density at radius 1 is 1.38 bits per heavy atom. The quantitative estimate of drug-likeness (QED) is 0.755. The van der Waals surface area contributed by atoms with Crippen LogP contribution in [0.1, 0.15) is 6.92 Å². The van der Waals surface area contributed by atoms with Gasteiger partial charge in [-0.25, -0.2) is 13.8 Å². The van der Waals surface area contributed by atoms with Gasteiger partial charge in [-0.05, 0) is 30.0 Å². The van der Waals surface area contributed by atoms with E-state index < -0.39 is 11.5 Å². The molecule has 3 rings (SSSR count). The molecular formula is C14H12FN3O2S. The molecule has 5 nitrogen and oxygen atoms in total. The maximum atomic E-state index is 13.1. The second kappa shape index (κ2) is 5.25. The van der Waals surface area contributed by atoms with Crippen LogP contribution in [0, 0.1) is 5.82 Å². The minimum Gasteiger partial charge on any atom is -0.506 e. The average molecular weight is 305 g/mol. The Kier molecular flexibility index (Phi) is 3.42. The molecule has 0 spiro atoms. The van der Waals surface area contributed by atoms with E-state index in [0.717, 1.165) is 11.8 Å². The predicted octanol–water partition coefficient (Wildman–Crippen LogP) is 2.44. The van der Waals surface area contributed by atoms with Crippen LogP contribution in [0.5, 0.6) is 5.75 Å². The summed E-state index contributed by atoms with van der Waals surface area (Å²) in [6, 6.07) is 7.04. The van der Waals surface area contributed by atoms with Crippen molar-refractivity contribution in [2.75, 3.05) is 5.75 Å². The van der Waals surface area contributed by atoms with E-state index in [1.807, 2.05) is 6.92 Å². The summed E-state index contributed by atoms with van der Waals surface area (Å²) in [6.45, 7) is 1.97. The summed E-state index contributed by atoms with van der Waals surface area (Å²) in [5, 5.41) is 10.5. The normalized spacial score (nSPS) is 11.1. The summed E-state index contributed by atoms with van der Waals surface area (Å²) >= 11 is 1.45. The Balaban J connectivity index is 2.33. The lowest BCUT2D eigenvalue weighted by molar-refractivity contribution is 0.465. The van der Waals surface area contributed by atoms with Crippen LogP contribution in [0.25, 0.3) is 11.3 Å². The number of rotatable bonds is 3. The fourth-order valence-electron chi connectivity index (χ4n) is 2.14. The van der Waals surface area contributed by atoms with E-state index in [1.165, 1.54) is 28.5 Å². The van der Waals surface area contributed by atoms with Crippen LogP contribution in [-0.2, 0) is 0 Å². The highest BCUT2D eigenvalue weighted by Crippen LogP contribution is 2.24. The Morgan fingerprint density at radius 3 is 2.90 bits per heavy atom. The third kappa shape index (κ3) is 2.29. The van der Waals surface area contributed by atoms with Crippen molar-refractivity contribution >= 4 is 17.4 Å². The lowest BCUT2D eigenvalue weighted by atomic mass is 10.3.